The van der Waals surface area contributed by atoms with E-state index in [4.69, 9.17) is 5.26 Å². The van der Waals surface area contributed by atoms with Crippen LogP contribution in [-0.2, 0) is 4.79 Å². The molecule has 0 aromatic heterocycles. The molecule has 1 aliphatic carbocycles. The topological polar surface area (TPSA) is 47.3 Å². The first-order valence-corrected chi connectivity index (χ1v) is 6.93. The van der Waals surface area contributed by atoms with Crippen molar-refractivity contribution >= 4 is 5.91 Å². The highest BCUT2D eigenvalue weighted by atomic mass is 16.2. The van der Waals surface area contributed by atoms with Crippen LogP contribution in [0.25, 0.3) is 0 Å². The van der Waals surface area contributed by atoms with E-state index in [0.717, 1.165) is 12.5 Å². The predicted octanol–water partition coefficient (Wildman–Crippen LogP) is 1.87. The van der Waals surface area contributed by atoms with E-state index in [1.165, 1.54) is 32.1 Å². The van der Waals surface area contributed by atoms with E-state index in [1.807, 2.05) is 7.05 Å². The number of nitriles is 1. The Hall–Kier alpha value is -1.08. The monoisotopic (exact) mass is 251 g/mol. The van der Waals surface area contributed by atoms with E-state index in [2.05, 4.69) is 11.0 Å². The number of hydrogen-bond donors (Lipinski definition) is 0. The summed E-state index contributed by atoms with van der Waals surface area (Å²) >= 11 is 0. The van der Waals surface area contributed by atoms with Crippen LogP contribution in [0.4, 0.5) is 0 Å². The Morgan fingerprint density at radius 2 is 1.94 bits per heavy atom. The second-order valence-electron chi connectivity index (χ2n) is 5.42. The minimum Gasteiger partial charge on any atom is -0.344 e. The van der Waals surface area contributed by atoms with Crippen LogP contribution in [-0.4, -0.2) is 49.4 Å². The van der Waals surface area contributed by atoms with Crippen molar-refractivity contribution in [3.8, 4) is 6.07 Å². The molecular formula is C14H25N3O. The summed E-state index contributed by atoms with van der Waals surface area (Å²) in [7, 11) is 3.79. The molecule has 18 heavy (non-hydrogen) atoms. The van der Waals surface area contributed by atoms with Crippen LogP contribution in [0.5, 0.6) is 0 Å². The Kier molecular flexibility index (Phi) is 6.74. The standard InChI is InChI=1S/C14H25N3O/c1-16(11-13-7-4-3-5-8-13)12-14(18)17(2)10-6-9-15/h13H,3-8,10-12H2,1-2H3. The van der Waals surface area contributed by atoms with Crippen molar-refractivity contribution < 1.29 is 4.79 Å². The van der Waals surface area contributed by atoms with Gasteiger partial charge in [-0.05, 0) is 25.8 Å². The molecule has 0 aromatic carbocycles. The zero-order valence-corrected chi connectivity index (χ0v) is 11.7. The van der Waals surface area contributed by atoms with Crippen molar-refractivity contribution in [2.24, 2.45) is 5.92 Å². The van der Waals surface area contributed by atoms with Gasteiger partial charge in [0.25, 0.3) is 0 Å². The van der Waals surface area contributed by atoms with Crippen LogP contribution in [0.15, 0.2) is 0 Å². The van der Waals surface area contributed by atoms with Gasteiger partial charge >= 0.3 is 0 Å². The van der Waals surface area contributed by atoms with Crippen LogP contribution in [0, 0.1) is 17.2 Å². The molecule has 1 fully saturated rings. The van der Waals surface area contributed by atoms with Crippen molar-refractivity contribution in [1.82, 2.24) is 9.80 Å². The van der Waals surface area contributed by atoms with Crippen molar-refractivity contribution in [3.63, 3.8) is 0 Å². The van der Waals surface area contributed by atoms with Gasteiger partial charge in [-0.15, -0.1) is 0 Å². The third-order valence-corrected chi connectivity index (χ3v) is 3.68. The Labute approximate surface area is 111 Å². The second-order valence-corrected chi connectivity index (χ2v) is 5.42. The summed E-state index contributed by atoms with van der Waals surface area (Å²) < 4.78 is 0. The fourth-order valence-electron chi connectivity index (χ4n) is 2.57. The highest BCUT2D eigenvalue weighted by Crippen LogP contribution is 2.23. The molecule has 0 heterocycles. The Morgan fingerprint density at radius 3 is 2.56 bits per heavy atom. The Morgan fingerprint density at radius 1 is 1.28 bits per heavy atom. The maximum absolute atomic E-state index is 11.9. The van der Waals surface area contributed by atoms with Crippen LogP contribution in [0.3, 0.4) is 0 Å². The average molecular weight is 251 g/mol. The molecule has 1 amide bonds. The number of amides is 1. The fraction of sp³-hybridized carbons (Fsp3) is 0.857. The molecule has 0 spiro atoms. The maximum atomic E-state index is 11.9. The molecule has 4 heteroatoms. The number of carbonyl (C=O) groups is 1. The molecule has 1 aliphatic rings. The van der Waals surface area contributed by atoms with Gasteiger partial charge in [-0.25, -0.2) is 0 Å². The molecule has 0 atom stereocenters. The van der Waals surface area contributed by atoms with Gasteiger partial charge in [0, 0.05) is 20.1 Å². The molecule has 0 radical (unpaired) electrons. The molecule has 0 unspecified atom stereocenters. The minimum atomic E-state index is 0.114. The molecular weight excluding hydrogens is 226 g/mol. The first kappa shape index (κ1) is 15.0. The van der Waals surface area contributed by atoms with E-state index < -0.39 is 0 Å². The van der Waals surface area contributed by atoms with Gasteiger partial charge in [-0.1, -0.05) is 19.3 Å². The molecule has 0 N–H and O–H groups in total. The number of carbonyl (C=O) groups excluding carboxylic acids is 1. The molecule has 102 valence electrons. The summed E-state index contributed by atoms with van der Waals surface area (Å²) in [5.41, 5.74) is 0. The molecule has 4 nitrogen and oxygen atoms in total. The van der Waals surface area contributed by atoms with E-state index in [9.17, 15) is 4.79 Å². The predicted molar refractivity (Wildman–Crippen MR) is 71.9 cm³/mol. The van der Waals surface area contributed by atoms with Crippen molar-refractivity contribution in [2.45, 2.75) is 38.5 Å². The van der Waals surface area contributed by atoms with Gasteiger partial charge in [-0.2, -0.15) is 5.26 Å². The van der Waals surface area contributed by atoms with E-state index in [-0.39, 0.29) is 5.91 Å². The van der Waals surface area contributed by atoms with Gasteiger partial charge in [-0.3, -0.25) is 9.69 Å². The van der Waals surface area contributed by atoms with Crippen molar-refractivity contribution in [1.29, 1.82) is 5.26 Å². The number of likely N-dealkylation sites (N-methyl/N-ethyl adjacent to an activating group) is 2. The lowest BCUT2D eigenvalue weighted by molar-refractivity contribution is -0.130. The molecule has 0 bridgehead atoms. The average Bonchev–Trinajstić information content (AvgIpc) is 2.36. The lowest BCUT2D eigenvalue weighted by Crippen LogP contribution is -2.39. The summed E-state index contributed by atoms with van der Waals surface area (Å²) in [6.07, 6.45) is 7.08. The third kappa shape index (κ3) is 5.50. The third-order valence-electron chi connectivity index (χ3n) is 3.68. The van der Waals surface area contributed by atoms with Gasteiger partial charge in [0.1, 0.15) is 0 Å². The largest absolute Gasteiger partial charge is 0.344 e. The first-order chi connectivity index (χ1) is 8.63. The molecule has 0 saturated heterocycles. The lowest BCUT2D eigenvalue weighted by atomic mass is 9.89. The number of nitrogens with zero attached hydrogens (tertiary/aromatic N) is 3. The normalized spacial score (nSPS) is 16.6. The first-order valence-electron chi connectivity index (χ1n) is 6.93. The summed E-state index contributed by atoms with van der Waals surface area (Å²) in [4.78, 5) is 15.7. The Balaban J connectivity index is 2.23. The smallest absolute Gasteiger partial charge is 0.236 e. The SMILES string of the molecule is CN(CC(=O)N(C)CCC#N)CC1CCCCC1. The van der Waals surface area contributed by atoms with Gasteiger partial charge in [0.15, 0.2) is 0 Å². The maximum Gasteiger partial charge on any atom is 0.236 e. The Bertz CT molecular complexity index is 292. The summed E-state index contributed by atoms with van der Waals surface area (Å²) in [5, 5.41) is 8.50. The number of hydrogen-bond acceptors (Lipinski definition) is 3. The van der Waals surface area contributed by atoms with Crippen LogP contribution < -0.4 is 0 Å². The van der Waals surface area contributed by atoms with Crippen LogP contribution in [0.1, 0.15) is 38.5 Å². The van der Waals surface area contributed by atoms with Crippen molar-refractivity contribution in [2.75, 3.05) is 33.7 Å². The number of rotatable bonds is 6. The van der Waals surface area contributed by atoms with Gasteiger partial charge < -0.3 is 4.90 Å². The summed E-state index contributed by atoms with van der Waals surface area (Å²) in [6.45, 7) is 2.03. The zero-order chi connectivity index (χ0) is 13.4. The lowest BCUT2D eigenvalue weighted by Gasteiger charge is -2.27. The summed E-state index contributed by atoms with van der Waals surface area (Å²) in [5.74, 6) is 0.879. The second kappa shape index (κ2) is 8.10. The van der Waals surface area contributed by atoms with Gasteiger partial charge in [0.2, 0.25) is 5.91 Å². The minimum absolute atomic E-state index is 0.114. The van der Waals surface area contributed by atoms with E-state index >= 15 is 0 Å². The fourth-order valence-corrected chi connectivity index (χ4v) is 2.57. The van der Waals surface area contributed by atoms with Crippen molar-refractivity contribution in [3.05, 3.63) is 0 Å². The van der Waals surface area contributed by atoms with Gasteiger partial charge in [0.05, 0.1) is 19.0 Å². The molecule has 1 rings (SSSR count). The zero-order valence-electron chi connectivity index (χ0n) is 11.7. The van der Waals surface area contributed by atoms with Crippen LogP contribution >= 0.6 is 0 Å². The quantitative estimate of drug-likeness (QED) is 0.724. The highest BCUT2D eigenvalue weighted by Gasteiger charge is 2.17. The molecule has 1 saturated carbocycles. The molecule has 0 aromatic rings. The van der Waals surface area contributed by atoms with E-state index in [0.29, 0.717) is 19.5 Å². The molecule has 0 aliphatic heterocycles. The summed E-state index contributed by atoms with van der Waals surface area (Å²) in [6, 6.07) is 2.06. The highest BCUT2D eigenvalue weighted by molar-refractivity contribution is 5.77. The van der Waals surface area contributed by atoms with E-state index in [1.54, 1.807) is 11.9 Å². The van der Waals surface area contributed by atoms with Crippen LogP contribution in [0.2, 0.25) is 0 Å².